The van der Waals surface area contributed by atoms with Crippen molar-refractivity contribution in [3.63, 3.8) is 0 Å². The van der Waals surface area contributed by atoms with E-state index in [4.69, 9.17) is 45.2 Å². The molecule has 82 heavy (non-hydrogen) atoms. The van der Waals surface area contributed by atoms with Gasteiger partial charge in [-0.15, -0.1) is 0 Å². The molecule has 6 rings (SSSR count). The maximum atomic E-state index is 16.4. The van der Waals surface area contributed by atoms with Gasteiger partial charge in [-0.25, -0.2) is 26.3 Å². The Morgan fingerprint density at radius 1 is 0.451 bits per heavy atom. The Hall–Kier alpha value is -5.38. The summed E-state index contributed by atoms with van der Waals surface area (Å²) in [6.07, 6.45) is -11.2. The highest BCUT2D eigenvalue weighted by atomic mass is 32.2. The molecule has 452 valence electrons. The molecule has 0 bridgehead atoms. The molecule has 30 heteroatoms. The first-order valence-electron chi connectivity index (χ1n) is 24.9. The number of allylic oxidation sites excluding steroid dienone is 2. The van der Waals surface area contributed by atoms with Gasteiger partial charge in [-0.2, -0.15) is 42.5 Å². The number of alkyl halides is 1. The Labute approximate surface area is 468 Å². The highest BCUT2D eigenvalue weighted by molar-refractivity contribution is 7.87. The van der Waals surface area contributed by atoms with Crippen LogP contribution >= 0.6 is 0 Å². The van der Waals surface area contributed by atoms with Crippen molar-refractivity contribution in [3.05, 3.63) is 107 Å². The fourth-order valence-corrected chi connectivity index (χ4v) is 12.4. The molecule has 1 aliphatic carbocycles. The average molecular weight is 1250 g/mol. The first kappa shape index (κ1) is 65.8. The molecule has 18 nitrogen and oxygen atoms in total. The monoisotopic (exact) mass is 1250 g/mol. The summed E-state index contributed by atoms with van der Waals surface area (Å²) in [5.41, 5.74) is -4.69. The van der Waals surface area contributed by atoms with Gasteiger partial charge in [0.15, 0.2) is 35.6 Å². The standard InChI is InChI=1S/C52H56F8O18S4/c1-9-69-23-27(5)75-79(61,62)33-13-15-37-31(17-33)19-35(81(65,66)77-29(7)25-71-11-3)21-39(37)73-51-47(57)43(53)41(44(54)48(51)58)42-45(55)49(59)52(50(60)46(42)56)74-40-22-36(82(67,68)78-30(8)26-72-12-4)20-32-18-34(14-16-38(32)40)80(63,64)76-28(6)24-70-10-2/h13-22,27-30,47,51H,9-12,23-26H2,1-8H3. The van der Waals surface area contributed by atoms with Crippen molar-refractivity contribution in [2.75, 3.05) is 52.9 Å². The topological polar surface area (TPSA) is 229 Å². The van der Waals surface area contributed by atoms with Crippen molar-refractivity contribution in [2.24, 2.45) is 0 Å². The Morgan fingerprint density at radius 2 is 0.793 bits per heavy atom. The summed E-state index contributed by atoms with van der Waals surface area (Å²) >= 11 is 0. The van der Waals surface area contributed by atoms with Gasteiger partial charge in [-0.3, -0.25) is 16.7 Å². The largest absolute Gasteiger partial charge is 0.479 e. The molecule has 0 N–H and O–H groups in total. The van der Waals surface area contributed by atoms with Crippen LogP contribution in [0.15, 0.2) is 97.7 Å². The lowest BCUT2D eigenvalue weighted by molar-refractivity contribution is 0.0689. The van der Waals surface area contributed by atoms with Crippen LogP contribution in [0.2, 0.25) is 0 Å². The number of hydrogen-bond donors (Lipinski definition) is 0. The molecule has 0 aliphatic heterocycles. The van der Waals surface area contributed by atoms with Gasteiger partial charge < -0.3 is 28.4 Å². The van der Waals surface area contributed by atoms with E-state index in [2.05, 4.69) is 0 Å². The van der Waals surface area contributed by atoms with Crippen molar-refractivity contribution >= 4 is 67.6 Å². The predicted octanol–water partition coefficient (Wildman–Crippen LogP) is 10.5. The minimum absolute atomic E-state index is 0.139. The molecule has 1 aliphatic rings. The van der Waals surface area contributed by atoms with Crippen LogP contribution in [0.1, 0.15) is 61.0 Å². The number of halogens is 8. The van der Waals surface area contributed by atoms with Crippen molar-refractivity contribution in [3.8, 4) is 17.2 Å². The van der Waals surface area contributed by atoms with E-state index in [0.29, 0.717) is 12.1 Å². The lowest BCUT2D eigenvalue weighted by atomic mass is 9.92. The zero-order valence-electron chi connectivity index (χ0n) is 44.9. The van der Waals surface area contributed by atoms with Crippen LogP contribution in [0, 0.1) is 23.3 Å². The van der Waals surface area contributed by atoms with E-state index in [1.165, 1.54) is 27.7 Å². The molecule has 6 unspecified atom stereocenters. The van der Waals surface area contributed by atoms with Crippen LogP contribution in [0.4, 0.5) is 35.1 Å². The fourth-order valence-electron chi connectivity index (χ4n) is 7.94. The third-order valence-electron chi connectivity index (χ3n) is 11.6. The summed E-state index contributed by atoms with van der Waals surface area (Å²) < 4.78 is 290. The van der Waals surface area contributed by atoms with Crippen molar-refractivity contribution in [1.82, 2.24) is 0 Å². The lowest BCUT2D eigenvalue weighted by Crippen LogP contribution is -2.34. The van der Waals surface area contributed by atoms with Crippen LogP contribution in [-0.4, -0.2) is 123 Å². The second-order valence-corrected chi connectivity index (χ2v) is 24.4. The van der Waals surface area contributed by atoms with E-state index in [0.717, 1.165) is 48.5 Å². The van der Waals surface area contributed by atoms with Crippen LogP contribution < -0.4 is 9.47 Å². The number of ether oxygens (including phenoxy) is 6. The molecule has 0 aromatic heterocycles. The van der Waals surface area contributed by atoms with Gasteiger partial charge in [-0.05, 0) is 115 Å². The quantitative estimate of drug-likeness (QED) is 0.0246. The summed E-state index contributed by atoms with van der Waals surface area (Å²) in [5.74, 6) is -22.3. The SMILES string of the molecule is CCOCC(C)OS(=O)(=O)c1ccc2c(Oc3c(F)c(F)c(C4=C(F)C(F)C(Oc5cc(S(=O)(=O)OC(C)COCC)cc6cc(S(=O)(=O)OC(C)COCC)ccc56)C(F)=C4F)c(F)c3F)cc(S(=O)(=O)OC(C)COCC)cc2c1. The minimum atomic E-state index is -4.95. The second-order valence-electron chi connectivity index (χ2n) is 18.1. The van der Waals surface area contributed by atoms with E-state index in [9.17, 15) is 33.7 Å². The summed E-state index contributed by atoms with van der Waals surface area (Å²) in [6, 6.07) is 8.29. The summed E-state index contributed by atoms with van der Waals surface area (Å²) in [4.78, 5) is -2.94. The maximum Gasteiger partial charge on any atom is 0.297 e. The fraction of sp³-hybridized carbons (Fsp3) is 0.423. The van der Waals surface area contributed by atoms with E-state index in [1.807, 2.05) is 0 Å². The van der Waals surface area contributed by atoms with Crippen molar-refractivity contribution < 1.29 is 114 Å². The van der Waals surface area contributed by atoms with E-state index < -0.39 is 166 Å². The zero-order valence-corrected chi connectivity index (χ0v) is 48.2. The molecule has 0 heterocycles. The number of fused-ring (bicyclic) bond motifs is 2. The first-order valence-corrected chi connectivity index (χ1v) is 30.6. The van der Waals surface area contributed by atoms with Crippen LogP contribution in [0.5, 0.6) is 17.2 Å². The molecule has 0 radical (unpaired) electrons. The first-order chi connectivity index (χ1) is 38.4. The van der Waals surface area contributed by atoms with Crippen LogP contribution in [-0.2, 0) is 76.2 Å². The molecular weight excluding hydrogens is 1190 g/mol. The third kappa shape index (κ3) is 14.9. The van der Waals surface area contributed by atoms with Gasteiger partial charge in [0.05, 0.1) is 81.6 Å². The Balaban J connectivity index is 1.43. The molecule has 5 aromatic carbocycles. The number of rotatable bonds is 29. The average Bonchev–Trinajstić information content (AvgIpc) is 3.42. The van der Waals surface area contributed by atoms with Gasteiger partial charge in [0.25, 0.3) is 40.5 Å². The normalized spacial score (nSPS) is 17.2. The Bertz CT molecular complexity index is 3680. The molecule has 0 fully saturated rings. The van der Waals surface area contributed by atoms with Crippen LogP contribution in [0.3, 0.4) is 0 Å². The van der Waals surface area contributed by atoms with Gasteiger partial charge in [0.2, 0.25) is 17.4 Å². The third-order valence-corrected chi connectivity index (χ3v) is 17.2. The molecule has 6 atom stereocenters. The van der Waals surface area contributed by atoms with E-state index in [-0.39, 0.29) is 74.4 Å². The highest BCUT2D eigenvalue weighted by Gasteiger charge is 2.45. The van der Waals surface area contributed by atoms with E-state index >= 15 is 35.1 Å². The molecule has 0 amide bonds. The van der Waals surface area contributed by atoms with Gasteiger partial charge >= 0.3 is 0 Å². The summed E-state index contributed by atoms with van der Waals surface area (Å²) in [6.45, 7) is 11.6. The molecular formula is C52H56F8O18S4. The second kappa shape index (κ2) is 27.1. The van der Waals surface area contributed by atoms with Crippen LogP contribution in [0.25, 0.3) is 27.1 Å². The molecule has 0 saturated heterocycles. The summed E-state index contributed by atoms with van der Waals surface area (Å²) in [5, 5.41) is -1.47. The van der Waals surface area contributed by atoms with Crippen molar-refractivity contribution in [1.29, 1.82) is 0 Å². The predicted molar refractivity (Wildman–Crippen MR) is 278 cm³/mol. The Kier molecular flexibility index (Phi) is 21.7. The van der Waals surface area contributed by atoms with Gasteiger partial charge in [0.1, 0.15) is 17.3 Å². The summed E-state index contributed by atoms with van der Waals surface area (Å²) in [7, 11) is -19.2. The Morgan fingerprint density at radius 3 is 1.17 bits per heavy atom. The zero-order chi connectivity index (χ0) is 60.8. The molecule has 0 spiro atoms. The van der Waals surface area contributed by atoms with Crippen molar-refractivity contribution in [2.45, 2.75) is 112 Å². The molecule has 5 aromatic rings. The van der Waals surface area contributed by atoms with Gasteiger partial charge in [0, 0.05) is 49.3 Å². The number of hydrogen-bond acceptors (Lipinski definition) is 18. The lowest BCUT2D eigenvalue weighted by Gasteiger charge is -2.27. The molecule has 0 saturated carbocycles. The smallest absolute Gasteiger partial charge is 0.297 e. The maximum absolute atomic E-state index is 16.4. The van der Waals surface area contributed by atoms with Gasteiger partial charge in [-0.1, -0.05) is 0 Å². The van der Waals surface area contributed by atoms with E-state index in [1.54, 1.807) is 27.7 Å². The minimum Gasteiger partial charge on any atom is -0.479 e. The number of benzene rings is 5. The highest BCUT2D eigenvalue weighted by Crippen LogP contribution is 2.47.